The normalized spacial score (nSPS) is 11.4. The van der Waals surface area contributed by atoms with Gasteiger partial charge >= 0.3 is 6.36 Å². The van der Waals surface area contributed by atoms with E-state index < -0.39 is 22.9 Å². The number of hydrogen-bond donors (Lipinski definition) is 2. The van der Waals surface area contributed by atoms with Gasteiger partial charge in [-0.15, -0.1) is 13.2 Å². The SMILES string of the molecule is Nc1c(O)ccc(OC(F)(F)F)c1Cl. The van der Waals surface area contributed by atoms with Crippen LogP contribution in [0.25, 0.3) is 0 Å². The Kier molecular flexibility index (Phi) is 2.66. The zero-order valence-electron chi connectivity index (χ0n) is 6.60. The number of rotatable bonds is 1. The lowest BCUT2D eigenvalue weighted by atomic mass is 10.3. The van der Waals surface area contributed by atoms with Crippen molar-refractivity contribution < 1.29 is 23.0 Å². The van der Waals surface area contributed by atoms with E-state index in [0.717, 1.165) is 12.1 Å². The summed E-state index contributed by atoms with van der Waals surface area (Å²) in [5, 5.41) is 8.51. The molecule has 0 amide bonds. The van der Waals surface area contributed by atoms with E-state index >= 15 is 0 Å². The molecule has 0 heterocycles. The number of halogens is 4. The maximum atomic E-state index is 11.8. The predicted molar refractivity (Wildman–Crippen MR) is 44.2 cm³/mol. The molecule has 1 rings (SSSR count). The molecule has 7 heteroatoms. The van der Waals surface area contributed by atoms with Crippen molar-refractivity contribution >= 4 is 17.3 Å². The maximum Gasteiger partial charge on any atom is 0.573 e. The number of aromatic hydroxyl groups is 1. The van der Waals surface area contributed by atoms with Crippen LogP contribution < -0.4 is 10.5 Å². The number of anilines is 1. The van der Waals surface area contributed by atoms with Crippen LogP contribution in [0.1, 0.15) is 0 Å². The van der Waals surface area contributed by atoms with E-state index in [0.29, 0.717) is 0 Å². The molecule has 0 radical (unpaired) electrons. The van der Waals surface area contributed by atoms with E-state index in [9.17, 15) is 13.2 Å². The van der Waals surface area contributed by atoms with Gasteiger partial charge in [0.1, 0.15) is 16.5 Å². The summed E-state index contributed by atoms with van der Waals surface area (Å²) in [5.74, 6) is -1.04. The van der Waals surface area contributed by atoms with Crippen LogP contribution in [0.4, 0.5) is 18.9 Å². The van der Waals surface area contributed by atoms with E-state index in [1.54, 1.807) is 0 Å². The van der Waals surface area contributed by atoms with Gasteiger partial charge in [0.25, 0.3) is 0 Å². The Balaban J connectivity index is 3.06. The summed E-state index contributed by atoms with van der Waals surface area (Å²) < 4.78 is 38.9. The van der Waals surface area contributed by atoms with Gasteiger partial charge in [-0.1, -0.05) is 11.6 Å². The minimum Gasteiger partial charge on any atom is -0.506 e. The second-order valence-electron chi connectivity index (χ2n) is 2.36. The smallest absolute Gasteiger partial charge is 0.506 e. The molecule has 0 unspecified atom stereocenters. The third-order valence-electron chi connectivity index (χ3n) is 1.35. The highest BCUT2D eigenvalue weighted by Crippen LogP contribution is 2.38. The molecule has 0 saturated heterocycles. The molecular weight excluding hydrogens is 223 g/mol. The summed E-state index contributed by atoms with van der Waals surface area (Å²) in [6.07, 6.45) is -4.84. The fourth-order valence-electron chi connectivity index (χ4n) is 0.766. The first-order valence-corrected chi connectivity index (χ1v) is 3.72. The predicted octanol–water partition coefficient (Wildman–Crippen LogP) is 2.53. The number of phenols is 1. The number of benzene rings is 1. The van der Waals surface area contributed by atoms with Gasteiger partial charge in [0, 0.05) is 0 Å². The second-order valence-corrected chi connectivity index (χ2v) is 2.74. The maximum absolute atomic E-state index is 11.8. The number of hydrogen-bond acceptors (Lipinski definition) is 3. The lowest BCUT2D eigenvalue weighted by molar-refractivity contribution is -0.274. The fraction of sp³-hybridized carbons (Fsp3) is 0.143. The van der Waals surface area contributed by atoms with Crippen LogP contribution in [-0.4, -0.2) is 11.5 Å². The molecule has 0 fully saturated rings. The highest BCUT2D eigenvalue weighted by atomic mass is 35.5. The molecule has 0 spiro atoms. The van der Waals surface area contributed by atoms with Gasteiger partial charge in [-0.3, -0.25) is 0 Å². The van der Waals surface area contributed by atoms with Crippen molar-refractivity contribution in [1.82, 2.24) is 0 Å². The van der Waals surface area contributed by atoms with Crippen LogP contribution in [0.5, 0.6) is 11.5 Å². The van der Waals surface area contributed by atoms with Gasteiger partial charge < -0.3 is 15.6 Å². The average molecular weight is 228 g/mol. The van der Waals surface area contributed by atoms with Gasteiger partial charge in [-0.05, 0) is 12.1 Å². The molecule has 0 aliphatic heterocycles. The number of alkyl halides is 3. The Morgan fingerprint density at radius 2 is 1.93 bits per heavy atom. The average Bonchev–Trinajstić information content (AvgIpc) is 2.04. The van der Waals surface area contributed by atoms with Crippen LogP contribution in [0.3, 0.4) is 0 Å². The van der Waals surface area contributed by atoms with Gasteiger partial charge in [0.15, 0.2) is 0 Å². The standard InChI is InChI=1S/C7H5ClF3NO2/c8-5-4(14-7(9,10)11)2-1-3(13)6(5)12/h1-2,13H,12H2. The van der Waals surface area contributed by atoms with Gasteiger partial charge in [0.2, 0.25) is 0 Å². The Morgan fingerprint density at radius 3 is 2.43 bits per heavy atom. The van der Waals surface area contributed by atoms with E-state index in [4.69, 9.17) is 22.4 Å². The molecule has 0 aromatic heterocycles. The first kappa shape index (κ1) is 10.8. The van der Waals surface area contributed by atoms with Gasteiger partial charge in [-0.2, -0.15) is 0 Å². The van der Waals surface area contributed by atoms with Crippen molar-refractivity contribution in [1.29, 1.82) is 0 Å². The van der Waals surface area contributed by atoms with Crippen LogP contribution in [0.15, 0.2) is 12.1 Å². The van der Waals surface area contributed by atoms with Gasteiger partial charge in [0.05, 0.1) is 5.69 Å². The summed E-state index contributed by atoms with van der Waals surface area (Å²) >= 11 is 5.39. The summed E-state index contributed by atoms with van der Waals surface area (Å²) in [5.41, 5.74) is 4.82. The minimum absolute atomic E-state index is 0.353. The zero-order valence-corrected chi connectivity index (χ0v) is 7.36. The second kappa shape index (κ2) is 3.45. The number of nitrogen functional groups attached to an aromatic ring is 1. The van der Waals surface area contributed by atoms with Crippen LogP contribution >= 0.6 is 11.6 Å². The Labute approximate surface area is 81.8 Å². The van der Waals surface area contributed by atoms with E-state index in [1.165, 1.54) is 0 Å². The Hall–Kier alpha value is -1.30. The van der Waals surface area contributed by atoms with E-state index in [2.05, 4.69) is 4.74 Å². The van der Waals surface area contributed by atoms with Crippen LogP contribution in [-0.2, 0) is 0 Å². The Morgan fingerprint density at radius 1 is 1.36 bits per heavy atom. The van der Waals surface area contributed by atoms with Gasteiger partial charge in [-0.25, -0.2) is 0 Å². The van der Waals surface area contributed by atoms with Crippen LogP contribution in [0.2, 0.25) is 5.02 Å². The van der Waals surface area contributed by atoms with Crippen molar-refractivity contribution in [2.75, 3.05) is 5.73 Å². The van der Waals surface area contributed by atoms with Crippen molar-refractivity contribution in [3.8, 4) is 11.5 Å². The van der Waals surface area contributed by atoms with Crippen molar-refractivity contribution in [3.05, 3.63) is 17.2 Å². The number of phenolic OH excluding ortho intramolecular Hbond substituents is 1. The summed E-state index contributed by atoms with van der Waals surface area (Å²) in [4.78, 5) is 0. The van der Waals surface area contributed by atoms with E-state index in [-0.39, 0.29) is 5.69 Å². The molecule has 1 aromatic rings. The van der Waals surface area contributed by atoms with Crippen molar-refractivity contribution in [3.63, 3.8) is 0 Å². The third kappa shape index (κ3) is 2.35. The minimum atomic E-state index is -4.84. The first-order valence-electron chi connectivity index (χ1n) is 3.34. The summed E-state index contributed by atoms with van der Waals surface area (Å²) in [6.45, 7) is 0. The van der Waals surface area contributed by atoms with Crippen molar-refractivity contribution in [2.24, 2.45) is 0 Å². The summed E-state index contributed by atoms with van der Waals surface area (Å²) in [6, 6.07) is 1.84. The number of ether oxygens (including phenoxy) is 1. The molecule has 3 nitrogen and oxygen atoms in total. The lowest BCUT2D eigenvalue weighted by Gasteiger charge is -2.11. The molecule has 0 aliphatic carbocycles. The quantitative estimate of drug-likeness (QED) is 0.573. The Bertz CT molecular complexity index is 354. The molecule has 0 saturated carbocycles. The first-order chi connectivity index (χ1) is 6.31. The lowest BCUT2D eigenvalue weighted by Crippen LogP contribution is -2.17. The molecular formula is C7H5ClF3NO2. The largest absolute Gasteiger partial charge is 0.573 e. The highest BCUT2D eigenvalue weighted by Gasteiger charge is 2.32. The molecule has 0 bridgehead atoms. The molecule has 0 atom stereocenters. The third-order valence-corrected chi connectivity index (χ3v) is 1.74. The molecule has 3 N–H and O–H groups in total. The fourth-order valence-corrected chi connectivity index (χ4v) is 0.965. The number of nitrogens with two attached hydrogens (primary N) is 1. The zero-order chi connectivity index (χ0) is 10.9. The van der Waals surface area contributed by atoms with Crippen molar-refractivity contribution in [2.45, 2.75) is 6.36 Å². The van der Waals surface area contributed by atoms with E-state index in [1.807, 2.05) is 0 Å². The molecule has 14 heavy (non-hydrogen) atoms. The van der Waals surface area contributed by atoms with Crippen LogP contribution in [0, 0.1) is 0 Å². The topological polar surface area (TPSA) is 55.5 Å². The summed E-state index contributed by atoms with van der Waals surface area (Å²) in [7, 11) is 0. The monoisotopic (exact) mass is 227 g/mol. The molecule has 0 aliphatic rings. The molecule has 78 valence electrons. The highest BCUT2D eigenvalue weighted by molar-refractivity contribution is 6.34. The molecule has 1 aromatic carbocycles.